The fourth-order valence-corrected chi connectivity index (χ4v) is 6.28. The molecule has 1 N–H and O–H groups in total. The Morgan fingerprint density at radius 2 is 1.31 bits per heavy atom. The maximum Gasteiger partial charge on any atom is 0.273 e. The lowest BCUT2D eigenvalue weighted by molar-refractivity contribution is -0.0213. The van der Waals surface area contributed by atoms with Crippen molar-refractivity contribution in [2.24, 2.45) is 11.8 Å². The number of hydrogen-bond donors (Lipinski definition) is 1. The average molecular weight is 619 g/mol. The summed E-state index contributed by atoms with van der Waals surface area (Å²) in [5.74, 6) is -0.357. The second-order valence-electron chi connectivity index (χ2n) is 13.0. The highest BCUT2D eigenvalue weighted by atomic mass is 19.3. The van der Waals surface area contributed by atoms with E-state index in [0.29, 0.717) is 12.3 Å². The molecule has 0 bridgehead atoms. The second-order valence-corrected chi connectivity index (χ2v) is 13.0. The van der Waals surface area contributed by atoms with E-state index in [1.807, 2.05) is 18.2 Å². The number of aryl methyl sites for hydroxylation is 1. The lowest BCUT2D eigenvalue weighted by Gasteiger charge is -2.29. The number of nitrogens with zero attached hydrogens (tertiary/aromatic N) is 2. The first-order valence-electron chi connectivity index (χ1n) is 17.0. The Hall–Kier alpha value is -3.02. The van der Waals surface area contributed by atoms with Gasteiger partial charge in [0.2, 0.25) is 0 Å². The number of halogens is 2. The molecule has 0 radical (unpaired) electrons. The molecule has 3 nitrogen and oxygen atoms in total. The zero-order valence-electron chi connectivity index (χ0n) is 27.7. The van der Waals surface area contributed by atoms with E-state index in [2.05, 4.69) is 72.8 Å². The Labute approximate surface area is 272 Å². The Morgan fingerprint density at radius 1 is 0.778 bits per heavy atom. The van der Waals surface area contributed by atoms with E-state index >= 15 is 0 Å². The summed E-state index contributed by atoms with van der Waals surface area (Å²) >= 11 is 0. The fraction of sp³-hybridized carbons (Fsp3) is 0.500. The summed E-state index contributed by atoms with van der Waals surface area (Å²) in [5.41, 5.74) is 3.01. The summed E-state index contributed by atoms with van der Waals surface area (Å²) in [6.45, 7) is 11.0. The van der Waals surface area contributed by atoms with E-state index in [4.69, 9.17) is 5.11 Å². The van der Waals surface area contributed by atoms with Gasteiger partial charge in [-0.3, -0.25) is 0 Å². The van der Waals surface area contributed by atoms with Gasteiger partial charge < -0.3 is 14.9 Å². The molecule has 0 aromatic heterocycles. The fourth-order valence-electron chi connectivity index (χ4n) is 6.28. The summed E-state index contributed by atoms with van der Waals surface area (Å²) in [4.78, 5) is 4.95. The molecular weight excluding hydrogens is 562 g/mol. The van der Waals surface area contributed by atoms with Crippen LogP contribution < -0.4 is 0 Å². The van der Waals surface area contributed by atoms with E-state index < -0.39 is 5.92 Å². The lowest BCUT2D eigenvalue weighted by Crippen LogP contribution is -2.30. The molecule has 1 aliphatic carbocycles. The van der Waals surface area contributed by atoms with Crippen LogP contribution in [-0.2, 0) is 5.92 Å². The van der Waals surface area contributed by atoms with Gasteiger partial charge in [-0.2, -0.15) is 0 Å². The normalized spacial score (nSPS) is 19.1. The quantitative estimate of drug-likeness (QED) is 0.255. The van der Waals surface area contributed by atoms with E-state index in [-0.39, 0.29) is 12.0 Å². The summed E-state index contributed by atoms with van der Waals surface area (Å²) in [7, 11) is 2.09. The molecule has 1 atom stereocenters. The molecule has 1 saturated carbocycles. The van der Waals surface area contributed by atoms with E-state index in [1.54, 1.807) is 23.8 Å². The predicted molar refractivity (Wildman–Crippen MR) is 186 cm³/mol. The van der Waals surface area contributed by atoms with Crippen molar-refractivity contribution in [3.05, 3.63) is 121 Å². The van der Waals surface area contributed by atoms with Gasteiger partial charge in [0.15, 0.2) is 0 Å². The first kappa shape index (κ1) is 36.4. The number of hydrogen-bond acceptors (Lipinski definition) is 3. The molecular formula is C40H56F2N2O. The molecule has 5 heteroatoms. The second kappa shape index (κ2) is 20.2. The van der Waals surface area contributed by atoms with Crippen molar-refractivity contribution in [3.8, 4) is 0 Å². The van der Waals surface area contributed by atoms with Gasteiger partial charge in [0, 0.05) is 18.5 Å². The Balaban J connectivity index is 0.000000190. The van der Waals surface area contributed by atoms with Crippen LogP contribution in [0.3, 0.4) is 0 Å². The van der Waals surface area contributed by atoms with Gasteiger partial charge in [0.25, 0.3) is 5.92 Å². The minimum absolute atomic E-state index is 0.0224. The van der Waals surface area contributed by atoms with Gasteiger partial charge in [-0.25, -0.2) is 8.78 Å². The van der Waals surface area contributed by atoms with Crippen LogP contribution in [0.25, 0.3) is 0 Å². The highest BCUT2D eigenvalue weighted by Crippen LogP contribution is 2.36. The van der Waals surface area contributed by atoms with Crippen molar-refractivity contribution in [3.63, 3.8) is 0 Å². The van der Waals surface area contributed by atoms with Crippen LogP contribution in [0, 0.1) is 18.8 Å². The summed E-state index contributed by atoms with van der Waals surface area (Å²) in [6.07, 6.45) is 10.8. The summed E-state index contributed by atoms with van der Waals surface area (Å²) < 4.78 is 28.0. The molecule has 6 rings (SSSR count). The highest BCUT2D eigenvalue weighted by molar-refractivity contribution is 5.21. The number of piperidine rings is 1. The largest absolute Gasteiger partial charge is 0.516 e. The molecule has 3 aromatic rings. The third kappa shape index (κ3) is 13.9. The van der Waals surface area contributed by atoms with Crippen molar-refractivity contribution in [2.75, 3.05) is 39.8 Å². The first-order valence-corrected chi connectivity index (χ1v) is 17.0. The monoisotopic (exact) mass is 618 g/mol. The van der Waals surface area contributed by atoms with Gasteiger partial charge in [0.05, 0.1) is 6.26 Å². The van der Waals surface area contributed by atoms with Gasteiger partial charge in [-0.1, -0.05) is 122 Å². The third-order valence-corrected chi connectivity index (χ3v) is 9.46. The van der Waals surface area contributed by atoms with Crippen LogP contribution in [0.4, 0.5) is 8.78 Å². The third-order valence-electron chi connectivity index (χ3n) is 9.46. The molecule has 2 heterocycles. The number of alkyl halides is 2. The van der Waals surface area contributed by atoms with Crippen molar-refractivity contribution in [1.29, 1.82) is 0 Å². The first-order chi connectivity index (χ1) is 21.8. The molecule has 246 valence electrons. The van der Waals surface area contributed by atoms with Gasteiger partial charge >= 0.3 is 0 Å². The Kier molecular flexibility index (Phi) is 16.3. The van der Waals surface area contributed by atoms with Crippen LogP contribution in [0.15, 0.2) is 104 Å². The number of likely N-dealkylation sites (tertiary alicyclic amines) is 2. The maximum absolute atomic E-state index is 14.0. The zero-order valence-corrected chi connectivity index (χ0v) is 27.7. The molecule has 2 aliphatic heterocycles. The Morgan fingerprint density at radius 3 is 1.82 bits per heavy atom. The van der Waals surface area contributed by atoms with Gasteiger partial charge in [-0.05, 0) is 95.6 Å². The molecule has 3 aliphatic rings. The van der Waals surface area contributed by atoms with Crippen LogP contribution in [0.1, 0.15) is 80.4 Å². The van der Waals surface area contributed by atoms with Crippen LogP contribution in [-0.4, -0.2) is 54.7 Å². The minimum atomic E-state index is -2.68. The number of aliphatic hydroxyl groups is 1. The zero-order chi connectivity index (χ0) is 32.3. The van der Waals surface area contributed by atoms with E-state index in [1.165, 1.54) is 69.4 Å². The molecule has 0 amide bonds. The van der Waals surface area contributed by atoms with Crippen LogP contribution >= 0.6 is 0 Å². The summed E-state index contributed by atoms with van der Waals surface area (Å²) in [6, 6.07) is 29.5. The van der Waals surface area contributed by atoms with Crippen molar-refractivity contribution < 1.29 is 13.9 Å². The standard InChI is InChI=1S/C16H23N.C15H21F2N.C7H8.C2H4O/c1-2-7-15(8-3-1)16-10-12-17(13-16)11-9-14-5-4-6-14;1-18-11-8-13(9-12-18)7-10-15(16,17)14-5-3-2-4-6-14;1-7-5-3-2-4-6-7;1-2-3/h1-3,7-8,14,16H,4-6,9-13H2;2-6,13H,7-12H2,1H3;2-6H,1H3;2-3H,1H2/t16-;;;/m1.../s1. The SMILES string of the molecule is C=CO.CN1CCC(CCC(F)(F)c2ccccc2)CC1.Cc1ccccc1.c1ccc([C@@H]2CCN(CCC3CCC3)C2)cc1. The topological polar surface area (TPSA) is 26.7 Å². The molecule has 0 unspecified atom stereocenters. The number of aliphatic hydroxyl groups excluding tert-OH is 1. The smallest absolute Gasteiger partial charge is 0.273 e. The van der Waals surface area contributed by atoms with E-state index in [0.717, 1.165) is 44.0 Å². The maximum atomic E-state index is 14.0. The van der Waals surface area contributed by atoms with Crippen LogP contribution in [0.2, 0.25) is 0 Å². The predicted octanol–water partition coefficient (Wildman–Crippen LogP) is 10.2. The highest BCUT2D eigenvalue weighted by Gasteiger charge is 2.32. The molecule has 2 saturated heterocycles. The minimum Gasteiger partial charge on any atom is -0.516 e. The lowest BCUT2D eigenvalue weighted by atomic mass is 9.83. The van der Waals surface area contributed by atoms with Gasteiger partial charge in [0.1, 0.15) is 0 Å². The number of rotatable bonds is 8. The molecule has 3 fully saturated rings. The van der Waals surface area contributed by atoms with Crippen molar-refractivity contribution in [2.45, 2.75) is 76.6 Å². The van der Waals surface area contributed by atoms with Crippen molar-refractivity contribution >= 4 is 0 Å². The molecule has 45 heavy (non-hydrogen) atoms. The summed E-state index contributed by atoms with van der Waals surface area (Å²) in [5, 5.41) is 7.33. The van der Waals surface area contributed by atoms with Gasteiger partial charge in [-0.15, -0.1) is 0 Å². The van der Waals surface area contributed by atoms with E-state index in [9.17, 15) is 8.78 Å². The Bertz CT molecular complexity index is 1160. The molecule has 0 spiro atoms. The number of benzene rings is 3. The van der Waals surface area contributed by atoms with Crippen LogP contribution in [0.5, 0.6) is 0 Å². The van der Waals surface area contributed by atoms with Crippen molar-refractivity contribution in [1.82, 2.24) is 9.80 Å². The average Bonchev–Trinajstić information content (AvgIpc) is 3.52. The molecule has 3 aromatic carbocycles.